The minimum atomic E-state index is -4.22. The third-order valence-electron chi connectivity index (χ3n) is 6.77. The fraction of sp³-hybridized carbons (Fsp3) is 0.387. The molecule has 2 N–H and O–H groups in total. The highest BCUT2D eigenvalue weighted by Gasteiger charge is 2.37. The molecule has 0 radical (unpaired) electrons. The number of anilines is 1. The monoisotopic (exact) mass is 594 g/mol. The van der Waals surface area contributed by atoms with Gasteiger partial charge in [-0.15, -0.1) is 0 Å². The predicted molar refractivity (Wildman–Crippen MR) is 164 cm³/mol. The molecule has 4 rings (SSSR count). The molecule has 0 aliphatic heterocycles. The number of aryl methyl sites for hydroxylation is 2. The summed E-state index contributed by atoms with van der Waals surface area (Å²) < 4.78 is 42.7. The maximum absolute atomic E-state index is 13.5. The van der Waals surface area contributed by atoms with Gasteiger partial charge in [0.25, 0.3) is 5.56 Å². The fourth-order valence-corrected chi connectivity index (χ4v) is 6.49. The number of sulfonamides is 1. The number of aromatic amines is 1. The van der Waals surface area contributed by atoms with Crippen LogP contribution in [0.1, 0.15) is 51.7 Å². The summed E-state index contributed by atoms with van der Waals surface area (Å²) in [7, 11) is -2.42. The molecule has 2 heterocycles. The number of carbonyl (C=O) groups is 1. The first-order valence-corrected chi connectivity index (χ1v) is 15.7. The lowest BCUT2D eigenvalue weighted by Gasteiger charge is -2.21. The van der Waals surface area contributed by atoms with Crippen molar-refractivity contribution in [2.24, 2.45) is 13.0 Å². The van der Waals surface area contributed by atoms with Crippen LogP contribution in [0, 0.1) is 5.92 Å². The standard InChI is InChI=1S/C31H38N4O6S/c1-6-11-22-18-35(5)27-26(22)32-29(33-30(27)36)24-17-23(14-15-25(24)40-16-7-2)34-42(38,39)28(20(3)4)31(37)41-19-21-12-9-8-10-13-21/h8-10,12-15,17-18,20,28,34H,6-7,11,16,19H2,1-5H3,(H,32,33,36)/t28-/m0/s1. The summed E-state index contributed by atoms with van der Waals surface area (Å²) in [6.07, 6.45) is 4.29. The molecule has 0 bridgehead atoms. The Bertz CT molecular complexity index is 1710. The Morgan fingerprint density at radius 3 is 2.50 bits per heavy atom. The van der Waals surface area contributed by atoms with Gasteiger partial charge in [-0.1, -0.05) is 64.4 Å². The highest BCUT2D eigenvalue weighted by molar-refractivity contribution is 7.94. The average molecular weight is 595 g/mol. The zero-order chi connectivity index (χ0) is 30.4. The van der Waals surface area contributed by atoms with Crippen molar-refractivity contribution >= 4 is 32.7 Å². The molecule has 4 aromatic rings. The van der Waals surface area contributed by atoms with Crippen LogP contribution in [0.15, 0.2) is 59.5 Å². The summed E-state index contributed by atoms with van der Waals surface area (Å²) in [5.74, 6) is -0.704. The lowest BCUT2D eigenvalue weighted by molar-refractivity contribution is -0.145. The van der Waals surface area contributed by atoms with E-state index in [1.165, 1.54) is 0 Å². The van der Waals surface area contributed by atoms with Crippen molar-refractivity contribution in [3.8, 4) is 17.1 Å². The van der Waals surface area contributed by atoms with E-state index in [0.717, 1.165) is 30.4 Å². The number of H-pyrrole nitrogens is 1. The smallest absolute Gasteiger partial charge is 0.326 e. The van der Waals surface area contributed by atoms with Gasteiger partial charge in [-0.3, -0.25) is 14.3 Å². The molecule has 224 valence electrons. The van der Waals surface area contributed by atoms with Gasteiger partial charge in [-0.25, -0.2) is 13.4 Å². The summed E-state index contributed by atoms with van der Waals surface area (Å²) in [6.45, 7) is 7.71. The number of hydrogen-bond donors (Lipinski definition) is 2. The molecule has 0 fully saturated rings. The number of hydrogen-bond acceptors (Lipinski definition) is 7. The lowest BCUT2D eigenvalue weighted by atomic mass is 10.1. The SMILES string of the molecule is CCCOc1ccc(NS(=O)(=O)[C@H](C(=O)OCc2ccccc2)C(C)C)cc1-c1nc2c(CCC)cn(C)c2c(=O)[nH]1. The van der Waals surface area contributed by atoms with E-state index < -0.39 is 27.2 Å². The summed E-state index contributed by atoms with van der Waals surface area (Å²) >= 11 is 0. The van der Waals surface area contributed by atoms with E-state index in [4.69, 9.17) is 14.5 Å². The molecule has 0 aliphatic rings. The maximum Gasteiger partial charge on any atom is 0.326 e. The highest BCUT2D eigenvalue weighted by atomic mass is 32.2. The number of nitrogens with one attached hydrogen (secondary N) is 2. The molecule has 0 aliphatic carbocycles. The lowest BCUT2D eigenvalue weighted by Crippen LogP contribution is -2.40. The Hall–Kier alpha value is -4.12. The molecule has 0 saturated carbocycles. The van der Waals surface area contributed by atoms with Crippen LogP contribution in [0.2, 0.25) is 0 Å². The third-order valence-corrected chi connectivity index (χ3v) is 8.70. The van der Waals surface area contributed by atoms with Gasteiger partial charge >= 0.3 is 5.97 Å². The maximum atomic E-state index is 13.5. The van der Waals surface area contributed by atoms with Gasteiger partial charge in [0.05, 0.1) is 17.7 Å². The van der Waals surface area contributed by atoms with Gasteiger partial charge in [0.1, 0.15) is 23.7 Å². The Morgan fingerprint density at radius 1 is 1.10 bits per heavy atom. The largest absolute Gasteiger partial charge is 0.493 e. The molecule has 42 heavy (non-hydrogen) atoms. The van der Waals surface area contributed by atoms with E-state index in [1.807, 2.05) is 31.3 Å². The van der Waals surface area contributed by atoms with Gasteiger partial charge in [0, 0.05) is 18.9 Å². The number of esters is 1. The summed E-state index contributed by atoms with van der Waals surface area (Å²) in [5.41, 5.74) is 3.06. The summed E-state index contributed by atoms with van der Waals surface area (Å²) in [6, 6.07) is 13.8. The van der Waals surface area contributed by atoms with Crippen molar-refractivity contribution < 1.29 is 22.7 Å². The number of nitrogens with zero attached hydrogens (tertiary/aromatic N) is 2. The molecule has 10 nitrogen and oxygen atoms in total. The number of rotatable bonds is 13. The topological polar surface area (TPSA) is 132 Å². The zero-order valence-corrected chi connectivity index (χ0v) is 25.5. The number of fused-ring (bicyclic) bond motifs is 1. The quantitative estimate of drug-likeness (QED) is 0.204. The number of aromatic nitrogens is 3. The molecular formula is C31H38N4O6S. The van der Waals surface area contributed by atoms with E-state index in [1.54, 1.807) is 55.8 Å². The van der Waals surface area contributed by atoms with Gasteiger partial charge in [0.2, 0.25) is 10.0 Å². The third kappa shape index (κ3) is 6.84. The Balaban J connectivity index is 1.70. The second kappa shape index (κ2) is 13.2. The minimum absolute atomic E-state index is 0.0347. The molecule has 0 saturated heterocycles. The Kier molecular flexibility index (Phi) is 9.72. The van der Waals surface area contributed by atoms with Crippen LogP contribution in [0.25, 0.3) is 22.4 Å². The van der Waals surface area contributed by atoms with Gasteiger partial charge in [-0.05, 0) is 48.1 Å². The fourth-order valence-electron chi connectivity index (χ4n) is 4.87. The summed E-state index contributed by atoms with van der Waals surface area (Å²) in [4.78, 5) is 33.8. The second-order valence-corrected chi connectivity index (χ2v) is 12.4. The minimum Gasteiger partial charge on any atom is -0.493 e. The normalized spacial score (nSPS) is 12.4. The van der Waals surface area contributed by atoms with E-state index in [0.29, 0.717) is 29.0 Å². The number of benzene rings is 2. The molecule has 0 unspecified atom stereocenters. The van der Waals surface area contributed by atoms with Gasteiger partial charge in [-0.2, -0.15) is 0 Å². The highest BCUT2D eigenvalue weighted by Crippen LogP contribution is 2.33. The molecule has 1 atom stereocenters. The van der Waals surface area contributed by atoms with Crippen LogP contribution < -0.4 is 15.0 Å². The van der Waals surface area contributed by atoms with E-state index in [-0.39, 0.29) is 23.7 Å². The van der Waals surface area contributed by atoms with Crippen LogP contribution in [0.5, 0.6) is 5.75 Å². The second-order valence-electron chi connectivity index (χ2n) is 10.6. The van der Waals surface area contributed by atoms with Gasteiger partial charge < -0.3 is 19.0 Å². The van der Waals surface area contributed by atoms with E-state index in [9.17, 15) is 18.0 Å². The molecule has 11 heteroatoms. The van der Waals surface area contributed by atoms with E-state index in [2.05, 4.69) is 16.6 Å². The van der Waals surface area contributed by atoms with Gasteiger partial charge in [0.15, 0.2) is 5.25 Å². The van der Waals surface area contributed by atoms with Crippen molar-refractivity contribution in [1.29, 1.82) is 0 Å². The Morgan fingerprint density at radius 2 is 1.83 bits per heavy atom. The van der Waals surface area contributed by atoms with Crippen molar-refractivity contribution in [2.45, 2.75) is 58.8 Å². The van der Waals surface area contributed by atoms with Crippen molar-refractivity contribution in [2.75, 3.05) is 11.3 Å². The van der Waals surface area contributed by atoms with E-state index >= 15 is 0 Å². The zero-order valence-electron chi connectivity index (χ0n) is 24.6. The summed E-state index contributed by atoms with van der Waals surface area (Å²) in [5, 5.41) is -1.45. The first-order chi connectivity index (χ1) is 20.1. The molecule has 0 spiro atoms. The number of ether oxygens (including phenoxy) is 2. The molecular weight excluding hydrogens is 556 g/mol. The number of carbonyl (C=O) groups excluding carboxylic acids is 1. The van der Waals surface area contributed by atoms with Crippen LogP contribution in [-0.2, 0) is 39.6 Å². The first kappa shape index (κ1) is 30.8. The molecule has 2 aromatic carbocycles. The van der Waals surface area contributed by atoms with Crippen molar-refractivity contribution in [1.82, 2.24) is 14.5 Å². The van der Waals surface area contributed by atoms with Crippen LogP contribution in [0.3, 0.4) is 0 Å². The van der Waals surface area contributed by atoms with Crippen LogP contribution in [-0.4, -0.2) is 40.8 Å². The van der Waals surface area contributed by atoms with Crippen LogP contribution in [0.4, 0.5) is 5.69 Å². The van der Waals surface area contributed by atoms with Crippen molar-refractivity contribution in [3.63, 3.8) is 0 Å². The Labute approximate surface area is 246 Å². The molecule has 0 amide bonds. The first-order valence-electron chi connectivity index (χ1n) is 14.1. The van der Waals surface area contributed by atoms with Crippen LogP contribution >= 0.6 is 0 Å². The molecule has 2 aromatic heterocycles. The van der Waals surface area contributed by atoms with Crippen molar-refractivity contribution in [3.05, 3.63) is 76.2 Å². The average Bonchev–Trinajstić information content (AvgIpc) is 3.26. The predicted octanol–water partition coefficient (Wildman–Crippen LogP) is 5.18.